The molecule has 0 bridgehead atoms. The zero-order valence-corrected chi connectivity index (χ0v) is 14.4. The van der Waals surface area contributed by atoms with Gasteiger partial charge in [0.05, 0.1) is 12.2 Å². The van der Waals surface area contributed by atoms with Gasteiger partial charge in [-0.25, -0.2) is 0 Å². The Balaban J connectivity index is 2.85. The highest BCUT2D eigenvalue weighted by molar-refractivity contribution is 5.84. The van der Waals surface area contributed by atoms with Crippen LogP contribution in [0.4, 0.5) is 0 Å². The molecule has 1 saturated heterocycles. The summed E-state index contributed by atoms with van der Waals surface area (Å²) in [5.41, 5.74) is 0. The van der Waals surface area contributed by atoms with Crippen molar-refractivity contribution in [1.82, 2.24) is 10.2 Å². The highest BCUT2D eigenvalue weighted by Gasteiger charge is 2.40. The van der Waals surface area contributed by atoms with E-state index in [1.807, 2.05) is 0 Å². The standard InChI is InChI=1S/C17H34N2O/c1-8-9-15-17(20)19(16(18-15)13(6)7)10-14(11(2)3)12(4)5/h11-16,18H,8-10H2,1-7H3. The molecule has 0 spiro atoms. The summed E-state index contributed by atoms with van der Waals surface area (Å²) >= 11 is 0. The maximum absolute atomic E-state index is 12.7. The first-order chi connectivity index (χ1) is 9.29. The van der Waals surface area contributed by atoms with Crippen LogP contribution in [0.5, 0.6) is 0 Å². The van der Waals surface area contributed by atoms with E-state index in [1.165, 1.54) is 0 Å². The minimum Gasteiger partial charge on any atom is -0.325 e. The number of hydrogen-bond donors (Lipinski definition) is 1. The van der Waals surface area contributed by atoms with Gasteiger partial charge in [-0.1, -0.05) is 54.9 Å². The first-order valence-corrected chi connectivity index (χ1v) is 8.36. The monoisotopic (exact) mass is 282 g/mol. The number of nitrogens with zero attached hydrogens (tertiary/aromatic N) is 1. The van der Waals surface area contributed by atoms with Crippen molar-refractivity contribution in [2.45, 2.75) is 73.5 Å². The van der Waals surface area contributed by atoms with E-state index in [0.29, 0.717) is 29.6 Å². The molecule has 0 aromatic carbocycles. The lowest BCUT2D eigenvalue weighted by Gasteiger charge is -2.34. The average Bonchev–Trinajstić information content (AvgIpc) is 2.64. The number of nitrogens with one attached hydrogen (secondary N) is 1. The van der Waals surface area contributed by atoms with Crippen LogP contribution in [0.1, 0.15) is 61.3 Å². The van der Waals surface area contributed by atoms with Gasteiger partial charge in [0.15, 0.2) is 0 Å². The Morgan fingerprint density at radius 1 is 1.10 bits per heavy atom. The van der Waals surface area contributed by atoms with E-state index in [0.717, 1.165) is 19.4 Å². The first-order valence-electron chi connectivity index (χ1n) is 8.36. The van der Waals surface area contributed by atoms with Gasteiger partial charge in [-0.3, -0.25) is 10.1 Å². The second-order valence-corrected chi connectivity index (χ2v) is 7.34. The molecule has 3 nitrogen and oxygen atoms in total. The van der Waals surface area contributed by atoms with Crippen LogP contribution in [0.15, 0.2) is 0 Å². The highest BCUT2D eigenvalue weighted by atomic mass is 16.2. The summed E-state index contributed by atoms with van der Waals surface area (Å²) < 4.78 is 0. The molecule has 0 saturated carbocycles. The Bertz CT molecular complexity index is 304. The fourth-order valence-electron chi connectivity index (χ4n) is 3.37. The van der Waals surface area contributed by atoms with Crippen molar-refractivity contribution >= 4 is 5.91 Å². The van der Waals surface area contributed by atoms with Gasteiger partial charge in [0.1, 0.15) is 0 Å². The Hall–Kier alpha value is -0.570. The smallest absolute Gasteiger partial charge is 0.241 e. The summed E-state index contributed by atoms with van der Waals surface area (Å²) in [6, 6.07) is 0.0346. The minimum atomic E-state index is 0.0346. The summed E-state index contributed by atoms with van der Waals surface area (Å²) in [6.07, 6.45) is 2.21. The third kappa shape index (κ3) is 3.97. The Labute approximate surface area is 125 Å². The van der Waals surface area contributed by atoms with Crippen LogP contribution in [-0.2, 0) is 4.79 Å². The molecule has 1 amide bonds. The summed E-state index contributed by atoms with van der Waals surface area (Å²) in [4.78, 5) is 14.8. The van der Waals surface area contributed by atoms with E-state index in [2.05, 4.69) is 58.7 Å². The number of carbonyl (C=O) groups is 1. The molecule has 1 rings (SSSR count). The molecule has 0 aromatic heterocycles. The molecule has 1 fully saturated rings. The van der Waals surface area contributed by atoms with Crippen molar-refractivity contribution in [2.24, 2.45) is 23.7 Å². The predicted octanol–water partition coefficient (Wildman–Crippen LogP) is 3.50. The van der Waals surface area contributed by atoms with Gasteiger partial charge in [-0.05, 0) is 30.1 Å². The molecule has 20 heavy (non-hydrogen) atoms. The van der Waals surface area contributed by atoms with Gasteiger partial charge in [-0.15, -0.1) is 0 Å². The maximum Gasteiger partial charge on any atom is 0.241 e. The lowest BCUT2D eigenvalue weighted by atomic mass is 9.85. The normalized spacial score (nSPS) is 23.9. The zero-order valence-electron chi connectivity index (χ0n) is 14.4. The lowest BCUT2D eigenvalue weighted by Crippen LogP contribution is -2.45. The lowest BCUT2D eigenvalue weighted by molar-refractivity contribution is -0.131. The first kappa shape index (κ1) is 17.5. The molecule has 2 atom stereocenters. The maximum atomic E-state index is 12.7. The molecule has 2 unspecified atom stereocenters. The van der Waals surface area contributed by atoms with Crippen molar-refractivity contribution in [1.29, 1.82) is 0 Å². The van der Waals surface area contributed by atoms with E-state index in [1.54, 1.807) is 0 Å². The average molecular weight is 282 g/mol. The molecule has 0 aromatic rings. The Kier molecular flexibility index (Phi) is 6.50. The van der Waals surface area contributed by atoms with Crippen molar-refractivity contribution in [3.05, 3.63) is 0 Å². The van der Waals surface area contributed by atoms with Crippen molar-refractivity contribution in [2.75, 3.05) is 6.54 Å². The van der Waals surface area contributed by atoms with Crippen LogP contribution in [0.3, 0.4) is 0 Å². The van der Waals surface area contributed by atoms with Gasteiger partial charge in [0, 0.05) is 6.54 Å². The number of rotatable bonds is 7. The van der Waals surface area contributed by atoms with Crippen LogP contribution < -0.4 is 5.32 Å². The Morgan fingerprint density at radius 3 is 2.05 bits per heavy atom. The Morgan fingerprint density at radius 2 is 1.65 bits per heavy atom. The quantitative estimate of drug-likeness (QED) is 0.775. The van der Waals surface area contributed by atoms with Crippen LogP contribution in [0.25, 0.3) is 0 Å². The summed E-state index contributed by atoms with van der Waals surface area (Å²) in [5, 5.41) is 3.55. The number of amides is 1. The van der Waals surface area contributed by atoms with Crippen LogP contribution >= 0.6 is 0 Å². The predicted molar refractivity (Wildman–Crippen MR) is 85.3 cm³/mol. The van der Waals surface area contributed by atoms with E-state index in [-0.39, 0.29) is 12.2 Å². The minimum absolute atomic E-state index is 0.0346. The van der Waals surface area contributed by atoms with Gasteiger partial charge < -0.3 is 4.90 Å². The van der Waals surface area contributed by atoms with E-state index in [4.69, 9.17) is 0 Å². The molecule has 118 valence electrons. The molecule has 1 aliphatic rings. The summed E-state index contributed by atoms with van der Waals surface area (Å²) in [6.45, 7) is 16.5. The molecule has 1 N–H and O–H groups in total. The van der Waals surface area contributed by atoms with Gasteiger partial charge in [-0.2, -0.15) is 0 Å². The van der Waals surface area contributed by atoms with E-state index in [9.17, 15) is 4.79 Å². The fourth-order valence-corrected chi connectivity index (χ4v) is 3.37. The SMILES string of the molecule is CCCC1NC(C(C)C)N(CC(C(C)C)C(C)C)C1=O. The molecule has 1 aliphatic heterocycles. The molecule has 1 heterocycles. The molecule has 0 radical (unpaired) electrons. The van der Waals surface area contributed by atoms with Gasteiger partial charge in [0.2, 0.25) is 5.91 Å². The van der Waals surface area contributed by atoms with Crippen molar-refractivity contribution in [3.8, 4) is 0 Å². The molecular weight excluding hydrogens is 248 g/mol. The number of hydrogen-bond acceptors (Lipinski definition) is 2. The van der Waals surface area contributed by atoms with Gasteiger partial charge >= 0.3 is 0 Å². The molecule has 0 aliphatic carbocycles. The second kappa shape index (κ2) is 7.44. The summed E-state index contributed by atoms with van der Waals surface area (Å²) in [5.74, 6) is 2.57. The fraction of sp³-hybridized carbons (Fsp3) is 0.941. The topological polar surface area (TPSA) is 32.3 Å². The van der Waals surface area contributed by atoms with Crippen LogP contribution in [0.2, 0.25) is 0 Å². The van der Waals surface area contributed by atoms with E-state index >= 15 is 0 Å². The van der Waals surface area contributed by atoms with Gasteiger partial charge in [0.25, 0.3) is 0 Å². The third-order valence-corrected chi connectivity index (χ3v) is 4.62. The van der Waals surface area contributed by atoms with Crippen LogP contribution in [0, 0.1) is 23.7 Å². The number of carbonyl (C=O) groups excluding carboxylic acids is 1. The van der Waals surface area contributed by atoms with Crippen molar-refractivity contribution < 1.29 is 4.79 Å². The molecular formula is C17H34N2O. The van der Waals surface area contributed by atoms with E-state index < -0.39 is 0 Å². The molecule has 3 heteroatoms. The zero-order chi connectivity index (χ0) is 15.4. The largest absolute Gasteiger partial charge is 0.325 e. The third-order valence-electron chi connectivity index (χ3n) is 4.62. The highest BCUT2D eigenvalue weighted by Crippen LogP contribution is 2.27. The summed E-state index contributed by atoms with van der Waals surface area (Å²) in [7, 11) is 0. The second-order valence-electron chi connectivity index (χ2n) is 7.34. The van der Waals surface area contributed by atoms with Crippen LogP contribution in [-0.4, -0.2) is 29.6 Å². The van der Waals surface area contributed by atoms with Crippen molar-refractivity contribution in [3.63, 3.8) is 0 Å².